The maximum Gasteiger partial charge on any atom is 0.123 e. The fourth-order valence-corrected chi connectivity index (χ4v) is 3.25. The summed E-state index contributed by atoms with van der Waals surface area (Å²) in [4.78, 5) is 2.09. The van der Waals surface area contributed by atoms with Crippen LogP contribution in [-0.2, 0) is 12.0 Å². The van der Waals surface area contributed by atoms with Crippen LogP contribution in [0.2, 0.25) is 0 Å². The fraction of sp³-hybridized carbons (Fsp3) is 0.667. The van der Waals surface area contributed by atoms with Crippen molar-refractivity contribution in [3.05, 3.63) is 28.8 Å². The molecule has 2 heteroatoms. The van der Waals surface area contributed by atoms with Gasteiger partial charge in [-0.2, -0.15) is 0 Å². The molecular formula is C18H31NO. The van der Waals surface area contributed by atoms with Crippen LogP contribution < -0.4 is 0 Å². The second-order valence-corrected chi connectivity index (χ2v) is 8.18. The highest BCUT2D eigenvalue weighted by molar-refractivity contribution is 5.47. The summed E-state index contributed by atoms with van der Waals surface area (Å²) >= 11 is 0. The predicted octanol–water partition coefficient (Wildman–Crippen LogP) is 4.48. The number of benzene rings is 1. The van der Waals surface area contributed by atoms with Crippen molar-refractivity contribution >= 4 is 0 Å². The Hall–Kier alpha value is -1.02. The first-order chi connectivity index (χ1) is 8.92. The standard InChI is InChI=1S/C18H31NO/c1-13-9-14(11-19(7)8)16(20)15(10-13)18(5,6)12-17(2,3)4/h9-10,20H,11-12H2,1-8H3. The highest BCUT2D eigenvalue weighted by Crippen LogP contribution is 2.41. The molecule has 1 rings (SSSR count). The molecule has 0 aliphatic rings. The van der Waals surface area contributed by atoms with Gasteiger partial charge in [0.1, 0.15) is 5.75 Å². The van der Waals surface area contributed by atoms with E-state index in [4.69, 9.17) is 0 Å². The van der Waals surface area contributed by atoms with E-state index in [9.17, 15) is 5.11 Å². The molecule has 0 aliphatic carbocycles. The van der Waals surface area contributed by atoms with Gasteiger partial charge in [-0.3, -0.25) is 0 Å². The lowest BCUT2D eigenvalue weighted by Crippen LogP contribution is -2.25. The van der Waals surface area contributed by atoms with E-state index >= 15 is 0 Å². The van der Waals surface area contributed by atoms with Crippen molar-refractivity contribution in [1.82, 2.24) is 4.90 Å². The smallest absolute Gasteiger partial charge is 0.123 e. The summed E-state index contributed by atoms with van der Waals surface area (Å²) in [6, 6.07) is 4.23. The van der Waals surface area contributed by atoms with E-state index < -0.39 is 0 Å². The predicted molar refractivity (Wildman–Crippen MR) is 87.3 cm³/mol. The van der Waals surface area contributed by atoms with Crippen LogP contribution in [0.4, 0.5) is 0 Å². The van der Waals surface area contributed by atoms with Crippen LogP contribution in [0.3, 0.4) is 0 Å². The van der Waals surface area contributed by atoms with Gasteiger partial charge in [-0.15, -0.1) is 0 Å². The Labute approximate surface area is 124 Å². The van der Waals surface area contributed by atoms with Gasteiger partial charge in [-0.05, 0) is 38.3 Å². The van der Waals surface area contributed by atoms with Crippen molar-refractivity contribution in [3.8, 4) is 5.75 Å². The third-order valence-electron chi connectivity index (χ3n) is 3.52. The van der Waals surface area contributed by atoms with Crippen molar-refractivity contribution in [3.63, 3.8) is 0 Å². The third-order valence-corrected chi connectivity index (χ3v) is 3.52. The first-order valence-electron chi connectivity index (χ1n) is 7.40. The van der Waals surface area contributed by atoms with Gasteiger partial charge in [-0.1, -0.05) is 52.3 Å². The molecule has 1 aromatic rings. The number of rotatable bonds is 4. The Morgan fingerprint density at radius 1 is 1.05 bits per heavy atom. The van der Waals surface area contributed by atoms with Gasteiger partial charge in [-0.25, -0.2) is 0 Å². The minimum absolute atomic E-state index is 0.0323. The van der Waals surface area contributed by atoms with Crippen LogP contribution in [0.15, 0.2) is 12.1 Å². The lowest BCUT2D eigenvalue weighted by Gasteiger charge is -2.34. The highest BCUT2D eigenvalue weighted by Gasteiger charge is 2.30. The quantitative estimate of drug-likeness (QED) is 0.877. The first-order valence-corrected chi connectivity index (χ1v) is 7.40. The zero-order valence-electron chi connectivity index (χ0n) is 14.5. The van der Waals surface area contributed by atoms with E-state index in [-0.39, 0.29) is 10.8 Å². The number of phenols is 1. The molecule has 0 spiro atoms. The number of aryl methyl sites for hydroxylation is 1. The lowest BCUT2D eigenvalue weighted by atomic mass is 9.71. The summed E-state index contributed by atoms with van der Waals surface area (Å²) in [7, 11) is 4.06. The maximum absolute atomic E-state index is 10.7. The average molecular weight is 277 g/mol. The van der Waals surface area contributed by atoms with Crippen molar-refractivity contribution in [2.24, 2.45) is 5.41 Å². The molecule has 0 aliphatic heterocycles. The van der Waals surface area contributed by atoms with Gasteiger partial charge >= 0.3 is 0 Å². The molecule has 0 heterocycles. The molecule has 0 unspecified atom stereocenters. The van der Waals surface area contributed by atoms with Crippen LogP contribution in [-0.4, -0.2) is 24.1 Å². The SMILES string of the molecule is Cc1cc(CN(C)C)c(O)c(C(C)(C)CC(C)(C)C)c1. The molecule has 0 aromatic heterocycles. The normalized spacial score (nSPS) is 13.1. The lowest BCUT2D eigenvalue weighted by molar-refractivity contribution is 0.277. The zero-order valence-corrected chi connectivity index (χ0v) is 14.5. The molecule has 114 valence electrons. The van der Waals surface area contributed by atoms with Crippen LogP contribution in [0.25, 0.3) is 0 Å². The van der Waals surface area contributed by atoms with Gasteiger partial charge in [0.15, 0.2) is 0 Å². The van der Waals surface area contributed by atoms with Crippen LogP contribution in [0, 0.1) is 12.3 Å². The topological polar surface area (TPSA) is 23.5 Å². The second kappa shape index (κ2) is 5.77. The molecule has 0 saturated heterocycles. The molecule has 0 fully saturated rings. The van der Waals surface area contributed by atoms with Crippen molar-refractivity contribution in [2.45, 2.75) is 59.9 Å². The monoisotopic (exact) mass is 277 g/mol. The second-order valence-electron chi connectivity index (χ2n) is 8.18. The average Bonchev–Trinajstić information content (AvgIpc) is 2.18. The minimum atomic E-state index is -0.0323. The van der Waals surface area contributed by atoms with Crippen LogP contribution in [0.5, 0.6) is 5.75 Å². The maximum atomic E-state index is 10.7. The van der Waals surface area contributed by atoms with Gasteiger partial charge in [0.25, 0.3) is 0 Å². The summed E-state index contributed by atoms with van der Waals surface area (Å²) < 4.78 is 0. The van der Waals surface area contributed by atoms with E-state index in [1.807, 2.05) is 14.1 Å². The molecular weight excluding hydrogens is 246 g/mol. The summed E-state index contributed by atoms with van der Waals surface area (Å²) in [6.45, 7) is 14.1. The van der Waals surface area contributed by atoms with Gasteiger partial charge < -0.3 is 10.0 Å². The molecule has 0 atom stereocenters. The van der Waals surface area contributed by atoms with Crippen molar-refractivity contribution in [2.75, 3.05) is 14.1 Å². The van der Waals surface area contributed by atoms with Crippen molar-refractivity contribution < 1.29 is 5.11 Å². The number of nitrogens with zero attached hydrogens (tertiary/aromatic N) is 1. The van der Waals surface area contributed by atoms with Gasteiger partial charge in [0, 0.05) is 17.7 Å². The zero-order chi connectivity index (χ0) is 15.7. The van der Waals surface area contributed by atoms with E-state index in [1.165, 1.54) is 5.56 Å². The summed E-state index contributed by atoms with van der Waals surface area (Å²) in [5.41, 5.74) is 3.52. The highest BCUT2D eigenvalue weighted by atomic mass is 16.3. The molecule has 0 bridgehead atoms. The Bertz CT molecular complexity index is 467. The molecule has 0 saturated carbocycles. The summed E-state index contributed by atoms with van der Waals surface area (Å²) in [6.07, 6.45) is 1.04. The first kappa shape index (κ1) is 17.0. The fourth-order valence-electron chi connectivity index (χ4n) is 3.25. The van der Waals surface area contributed by atoms with Crippen LogP contribution >= 0.6 is 0 Å². The minimum Gasteiger partial charge on any atom is -0.507 e. The van der Waals surface area contributed by atoms with Gasteiger partial charge in [0.05, 0.1) is 0 Å². The number of hydrogen-bond acceptors (Lipinski definition) is 2. The Balaban J connectivity index is 3.27. The molecule has 1 N–H and O–H groups in total. The molecule has 0 radical (unpaired) electrons. The third kappa shape index (κ3) is 4.52. The Kier molecular flexibility index (Phi) is 4.91. The van der Waals surface area contributed by atoms with E-state index in [0.717, 1.165) is 24.1 Å². The van der Waals surface area contributed by atoms with Gasteiger partial charge in [0.2, 0.25) is 0 Å². The number of hydrogen-bond donors (Lipinski definition) is 1. The van der Waals surface area contributed by atoms with E-state index in [2.05, 4.69) is 58.6 Å². The molecule has 2 nitrogen and oxygen atoms in total. The number of phenolic OH excluding ortho intramolecular Hbond substituents is 1. The Morgan fingerprint density at radius 3 is 2.05 bits per heavy atom. The van der Waals surface area contributed by atoms with E-state index in [0.29, 0.717) is 5.75 Å². The summed E-state index contributed by atoms with van der Waals surface area (Å²) in [5.74, 6) is 0.471. The summed E-state index contributed by atoms with van der Waals surface area (Å²) in [5, 5.41) is 10.7. The molecule has 20 heavy (non-hydrogen) atoms. The van der Waals surface area contributed by atoms with Crippen molar-refractivity contribution in [1.29, 1.82) is 0 Å². The van der Waals surface area contributed by atoms with Crippen LogP contribution in [0.1, 0.15) is 57.7 Å². The molecule has 0 amide bonds. The number of aromatic hydroxyl groups is 1. The Morgan fingerprint density at radius 2 is 1.60 bits per heavy atom. The largest absolute Gasteiger partial charge is 0.507 e. The van der Waals surface area contributed by atoms with E-state index in [1.54, 1.807) is 0 Å². The molecule has 1 aromatic carbocycles.